The molecular formula is C14H16ClFN2S. The molecule has 1 aromatic carbocycles. The van der Waals surface area contributed by atoms with Gasteiger partial charge in [0.25, 0.3) is 0 Å². The van der Waals surface area contributed by atoms with Crippen LogP contribution in [0.25, 0.3) is 11.0 Å². The van der Waals surface area contributed by atoms with Crippen molar-refractivity contribution in [3.05, 3.63) is 29.8 Å². The van der Waals surface area contributed by atoms with E-state index in [1.807, 2.05) is 17.8 Å². The highest BCUT2D eigenvalue weighted by Gasteiger charge is 2.30. The minimum absolute atomic E-state index is 0.244. The molecule has 2 atom stereocenters. The summed E-state index contributed by atoms with van der Waals surface area (Å²) in [6.45, 7) is 0. The van der Waals surface area contributed by atoms with E-state index in [1.54, 1.807) is 0 Å². The lowest BCUT2D eigenvalue weighted by Crippen LogP contribution is -2.17. The zero-order chi connectivity index (χ0) is 13.4. The van der Waals surface area contributed by atoms with Crippen LogP contribution in [-0.2, 0) is 5.88 Å². The van der Waals surface area contributed by atoms with Gasteiger partial charge in [-0.25, -0.2) is 9.37 Å². The normalized spacial score (nSPS) is 23.3. The number of hydrogen-bond acceptors (Lipinski definition) is 2. The maximum absolute atomic E-state index is 13.3. The van der Waals surface area contributed by atoms with Gasteiger partial charge in [-0.2, -0.15) is 11.8 Å². The van der Waals surface area contributed by atoms with Crippen LogP contribution in [0.3, 0.4) is 0 Å². The molecule has 1 aliphatic carbocycles. The van der Waals surface area contributed by atoms with Gasteiger partial charge in [0.05, 0.1) is 16.9 Å². The summed E-state index contributed by atoms with van der Waals surface area (Å²) < 4.78 is 15.5. The summed E-state index contributed by atoms with van der Waals surface area (Å²) in [5.41, 5.74) is 1.71. The average Bonchev–Trinajstić information content (AvgIpc) is 3.00. The quantitative estimate of drug-likeness (QED) is 0.783. The highest BCUT2D eigenvalue weighted by Crippen LogP contribution is 2.40. The number of nitrogens with zero attached hydrogens (tertiary/aromatic N) is 2. The summed E-state index contributed by atoms with van der Waals surface area (Å²) in [5, 5.41) is 0.601. The molecule has 1 aliphatic rings. The third-order valence-electron chi connectivity index (χ3n) is 3.90. The Hall–Kier alpha value is -0.740. The number of imidazole rings is 1. The molecule has 0 saturated heterocycles. The monoisotopic (exact) mass is 298 g/mol. The predicted molar refractivity (Wildman–Crippen MR) is 79.4 cm³/mol. The first-order valence-electron chi connectivity index (χ1n) is 6.49. The van der Waals surface area contributed by atoms with Crippen LogP contribution in [0.4, 0.5) is 4.39 Å². The maximum Gasteiger partial charge on any atom is 0.125 e. The van der Waals surface area contributed by atoms with E-state index in [9.17, 15) is 4.39 Å². The fourth-order valence-corrected chi connectivity index (χ4v) is 4.23. The first-order valence-corrected chi connectivity index (χ1v) is 8.32. The van der Waals surface area contributed by atoms with Crippen LogP contribution in [0.1, 0.15) is 31.1 Å². The molecule has 1 heterocycles. The van der Waals surface area contributed by atoms with Crippen molar-refractivity contribution < 1.29 is 4.39 Å². The van der Waals surface area contributed by atoms with Gasteiger partial charge >= 0.3 is 0 Å². The number of fused-ring (bicyclic) bond motifs is 1. The second kappa shape index (κ2) is 5.33. The van der Waals surface area contributed by atoms with Crippen LogP contribution in [-0.4, -0.2) is 21.1 Å². The Morgan fingerprint density at radius 1 is 1.47 bits per heavy atom. The fourth-order valence-electron chi connectivity index (χ4n) is 3.06. The van der Waals surface area contributed by atoms with E-state index in [1.165, 1.54) is 25.0 Å². The molecule has 0 N–H and O–H groups in total. The fraction of sp³-hybridized carbons (Fsp3) is 0.500. The zero-order valence-corrected chi connectivity index (χ0v) is 12.3. The number of halogens is 2. The van der Waals surface area contributed by atoms with Gasteiger partial charge in [-0.3, -0.25) is 0 Å². The van der Waals surface area contributed by atoms with E-state index in [4.69, 9.17) is 11.6 Å². The molecule has 0 spiro atoms. The highest BCUT2D eigenvalue weighted by molar-refractivity contribution is 7.99. The van der Waals surface area contributed by atoms with Gasteiger partial charge in [-0.1, -0.05) is 6.42 Å². The molecule has 2 unspecified atom stereocenters. The molecule has 2 nitrogen and oxygen atoms in total. The standard InChI is InChI=1S/C14H16ClFN2S/c1-19-13-4-2-3-12(13)18-11-6-5-9(16)7-10(11)17-14(18)8-15/h5-7,12-13H,2-4,8H2,1H3. The lowest BCUT2D eigenvalue weighted by Gasteiger charge is -2.22. The second-order valence-corrected chi connectivity index (χ2v) is 6.28. The molecule has 1 saturated carbocycles. The molecular weight excluding hydrogens is 283 g/mol. The molecule has 0 radical (unpaired) electrons. The Kier molecular flexibility index (Phi) is 3.72. The summed E-state index contributed by atoms with van der Waals surface area (Å²) in [4.78, 5) is 4.49. The molecule has 0 aliphatic heterocycles. The van der Waals surface area contributed by atoms with Crippen molar-refractivity contribution >= 4 is 34.4 Å². The largest absolute Gasteiger partial charge is 0.323 e. The first kappa shape index (κ1) is 13.3. The summed E-state index contributed by atoms with van der Waals surface area (Å²) >= 11 is 7.93. The smallest absolute Gasteiger partial charge is 0.125 e. The summed E-state index contributed by atoms with van der Waals surface area (Å²) in [5.74, 6) is 0.979. The summed E-state index contributed by atoms with van der Waals surface area (Å²) in [6.07, 6.45) is 5.77. The van der Waals surface area contributed by atoms with Crippen molar-refractivity contribution in [1.29, 1.82) is 0 Å². The van der Waals surface area contributed by atoms with Gasteiger partial charge in [0.2, 0.25) is 0 Å². The Balaban J connectivity index is 2.15. The van der Waals surface area contributed by atoms with E-state index >= 15 is 0 Å². The van der Waals surface area contributed by atoms with Crippen LogP contribution in [0.15, 0.2) is 18.2 Å². The molecule has 0 amide bonds. The second-order valence-electron chi connectivity index (χ2n) is 4.94. The third kappa shape index (κ3) is 2.25. The Bertz CT molecular complexity index is 598. The molecule has 3 rings (SSSR count). The lowest BCUT2D eigenvalue weighted by molar-refractivity contribution is 0.527. The van der Waals surface area contributed by atoms with Gasteiger partial charge in [0.1, 0.15) is 11.6 Å². The van der Waals surface area contributed by atoms with E-state index in [0.717, 1.165) is 17.8 Å². The molecule has 19 heavy (non-hydrogen) atoms. The number of alkyl halides is 1. The minimum Gasteiger partial charge on any atom is -0.323 e. The zero-order valence-electron chi connectivity index (χ0n) is 10.8. The lowest BCUT2D eigenvalue weighted by atomic mass is 10.2. The first-order chi connectivity index (χ1) is 9.24. The van der Waals surface area contributed by atoms with Crippen molar-refractivity contribution in [2.75, 3.05) is 6.26 Å². The Morgan fingerprint density at radius 3 is 3.05 bits per heavy atom. The Labute approximate surface area is 121 Å². The van der Waals surface area contributed by atoms with Gasteiger partial charge in [-0.05, 0) is 31.2 Å². The average molecular weight is 299 g/mol. The number of thioether (sulfide) groups is 1. The van der Waals surface area contributed by atoms with Gasteiger partial charge < -0.3 is 4.57 Å². The number of aromatic nitrogens is 2. The predicted octanol–water partition coefficient (Wildman–Crippen LogP) is 4.37. The molecule has 2 aromatic rings. The van der Waals surface area contributed by atoms with E-state index in [2.05, 4.69) is 15.8 Å². The van der Waals surface area contributed by atoms with Gasteiger partial charge in [0, 0.05) is 17.4 Å². The van der Waals surface area contributed by atoms with Crippen molar-refractivity contribution in [3.63, 3.8) is 0 Å². The van der Waals surface area contributed by atoms with Gasteiger partial charge in [-0.15, -0.1) is 11.6 Å². The van der Waals surface area contributed by atoms with Crippen LogP contribution < -0.4 is 0 Å². The van der Waals surface area contributed by atoms with Crippen LogP contribution in [0.2, 0.25) is 0 Å². The van der Waals surface area contributed by atoms with Crippen LogP contribution in [0.5, 0.6) is 0 Å². The highest BCUT2D eigenvalue weighted by atomic mass is 35.5. The van der Waals surface area contributed by atoms with Crippen molar-refractivity contribution in [1.82, 2.24) is 9.55 Å². The van der Waals surface area contributed by atoms with E-state index in [-0.39, 0.29) is 5.82 Å². The Morgan fingerprint density at radius 2 is 2.32 bits per heavy atom. The molecule has 0 bridgehead atoms. The molecule has 1 aromatic heterocycles. The van der Waals surface area contributed by atoms with E-state index < -0.39 is 0 Å². The van der Waals surface area contributed by atoms with Crippen molar-refractivity contribution in [2.45, 2.75) is 36.4 Å². The topological polar surface area (TPSA) is 17.8 Å². The molecule has 1 fully saturated rings. The summed E-state index contributed by atoms with van der Waals surface area (Å²) in [6, 6.07) is 5.25. The molecule has 102 valence electrons. The van der Waals surface area contributed by atoms with Crippen LogP contribution >= 0.6 is 23.4 Å². The maximum atomic E-state index is 13.3. The van der Waals surface area contributed by atoms with Crippen LogP contribution in [0, 0.1) is 5.82 Å². The molecule has 5 heteroatoms. The number of rotatable bonds is 3. The van der Waals surface area contributed by atoms with E-state index in [0.29, 0.717) is 22.7 Å². The summed E-state index contributed by atoms with van der Waals surface area (Å²) in [7, 11) is 0. The SMILES string of the molecule is CSC1CCCC1n1c(CCl)nc2cc(F)ccc21. The minimum atomic E-state index is -0.244. The van der Waals surface area contributed by atoms with Gasteiger partial charge in [0.15, 0.2) is 0 Å². The third-order valence-corrected chi connectivity index (χ3v) is 5.29. The van der Waals surface area contributed by atoms with Crippen molar-refractivity contribution in [3.8, 4) is 0 Å². The number of hydrogen-bond donors (Lipinski definition) is 0. The van der Waals surface area contributed by atoms with Crippen molar-refractivity contribution in [2.24, 2.45) is 0 Å². The number of benzene rings is 1.